The maximum Gasteiger partial charge on any atom is 0.217 e. The van der Waals surface area contributed by atoms with Gasteiger partial charge in [0.25, 0.3) is 0 Å². The summed E-state index contributed by atoms with van der Waals surface area (Å²) in [6.45, 7) is 3.89. The molecule has 4 nitrogen and oxygen atoms in total. The number of thiocarbonyl (C=S) groups is 1. The number of primary amides is 1. The second-order valence-electron chi connectivity index (χ2n) is 5.49. The number of hydrogen-bond acceptors (Lipinski definition) is 3. The molecule has 108 valence electrons. The second-order valence-corrected chi connectivity index (χ2v) is 5.93. The van der Waals surface area contributed by atoms with Crippen LogP contribution in [-0.2, 0) is 4.79 Å². The van der Waals surface area contributed by atoms with Crippen LogP contribution in [0.2, 0.25) is 0 Å². The van der Waals surface area contributed by atoms with Gasteiger partial charge in [-0.15, -0.1) is 0 Å². The summed E-state index contributed by atoms with van der Waals surface area (Å²) in [6, 6.07) is 6.14. The molecule has 1 saturated heterocycles. The molecule has 0 saturated carbocycles. The Morgan fingerprint density at radius 3 is 2.55 bits per heavy atom. The highest BCUT2D eigenvalue weighted by Gasteiger charge is 2.22. The van der Waals surface area contributed by atoms with E-state index in [0.717, 1.165) is 37.2 Å². The number of nitrogens with two attached hydrogens (primary N) is 2. The lowest BCUT2D eigenvalue weighted by Gasteiger charge is -2.34. The maximum absolute atomic E-state index is 11.0. The average Bonchev–Trinajstić information content (AvgIpc) is 2.38. The number of carbonyl (C=O) groups excluding carboxylic acids is 1. The third-order valence-corrected chi connectivity index (χ3v) is 4.08. The van der Waals surface area contributed by atoms with Crippen LogP contribution in [0.4, 0.5) is 5.69 Å². The molecule has 1 aromatic rings. The Kier molecular flexibility index (Phi) is 4.60. The van der Waals surface area contributed by atoms with Crippen molar-refractivity contribution in [2.75, 3.05) is 18.0 Å². The molecule has 5 heteroatoms. The van der Waals surface area contributed by atoms with Gasteiger partial charge in [0.1, 0.15) is 4.99 Å². The molecule has 0 spiro atoms. The van der Waals surface area contributed by atoms with E-state index in [2.05, 4.69) is 17.9 Å². The largest absolute Gasteiger partial charge is 0.389 e. The van der Waals surface area contributed by atoms with E-state index in [-0.39, 0.29) is 5.91 Å². The van der Waals surface area contributed by atoms with Gasteiger partial charge in [-0.25, -0.2) is 0 Å². The van der Waals surface area contributed by atoms with Crippen molar-refractivity contribution < 1.29 is 4.79 Å². The fraction of sp³-hybridized carbons (Fsp3) is 0.467. The Bertz CT molecular complexity index is 522. The first kappa shape index (κ1) is 14.8. The van der Waals surface area contributed by atoms with Crippen LogP contribution >= 0.6 is 12.2 Å². The van der Waals surface area contributed by atoms with Crippen molar-refractivity contribution in [2.24, 2.45) is 17.4 Å². The first-order valence-electron chi connectivity index (χ1n) is 6.91. The summed E-state index contributed by atoms with van der Waals surface area (Å²) in [5.41, 5.74) is 14.3. The summed E-state index contributed by atoms with van der Waals surface area (Å²) < 4.78 is 0. The van der Waals surface area contributed by atoms with Crippen molar-refractivity contribution >= 4 is 28.8 Å². The van der Waals surface area contributed by atoms with Crippen LogP contribution in [0.5, 0.6) is 0 Å². The van der Waals surface area contributed by atoms with Crippen LogP contribution in [0.1, 0.15) is 30.4 Å². The van der Waals surface area contributed by atoms with Crippen LogP contribution in [-0.4, -0.2) is 24.0 Å². The molecule has 0 aliphatic carbocycles. The molecule has 0 unspecified atom stereocenters. The minimum Gasteiger partial charge on any atom is -0.389 e. The molecule has 2 rings (SSSR count). The number of carbonyl (C=O) groups is 1. The lowest BCUT2D eigenvalue weighted by atomic mass is 9.92. The molecule has 0 bridgehead atoms. The molecule has 1 aliphatic rings. The number of rotatable bonds is 4. The van der Waals surface area contributed by atoms with Crippen molar-refractivity contribution in [1.82, 2.24) is 0 Å². The van der Waals surface area contributed by atoms with Crippen molar-refractivity contribution in [2.45, 2.75) is 26.2 Å². The van der Waals surface area contributed by atoms with Crippen LogP contribution in [0, 0.1) is 12.8 Å². The van der Waals surface area contributed by atoms with Gasteiger partial charge in [0.2, 0.25) is 5.91 Å². The molecule has 0 atom stereocenters. The van der Waals surface area contributed by atoms with Crippen molar-refractivity contribution in [1.29, 1.82) is 0 Å². The monoisotopic (exact) mass is 291 g/mol. The van der Waals surface area contributed by atoms with Crippen molar-refractivity contribution in [3.05, 3.63) is 29.3 Å². The second kappa shape index (κ2) is 6.22. The quantitative estimate of drug-likeness (QED) is 0.829. The van der Waals surface area contributed by atoms with E-state index >= 15 is 0 Å². The summed E-state index contributed by atoms with van der Waals surface area (Å²) in [6.07, 6.45) is 2.45. The maximum atomic E-state index is 11.0. The highest BCUT2D eigenvalue weighted by atomic mass is 32.1. The first-order valence-corrected chi connectivity index (χ1v) is 7.32. The summed E-state index contributed by atoms with van der Waals surface area (Å²) in [5, 5.41) is 0. The van der Waals surface area contributed by atoms with Crippen molar-refractivity contribution in [3.63, 3.8) is 0 Å². The van der Waals surface area contributed by atoms with E-state index in [1.165, 1.54) is 5.56 Å². The number of aryl methyl sites for hydroxylation is 1. The molecule has 20 heavy (non-hydrogen) atoms. The number of piperidine rings is 1. The predicted octanol–water partition coefficient (Wildman–Crippen LogP) is 1.72. The molecule has 1 aliphatic heterocycles. The van der Waals surface area contributed by atoms with Crippen LogP contribution in [0.3, 0.4) is 0 Å². The van der Waals surface area contributed by atoms with E-state index in [1.807, 2.05) is 12.1 Å². The Balaban J connectivity index is 2.12. The topological polar surface area (TPSA) is 72.3 Å². The number of benzene rings is 1. The van der Waals surface area contributed by atoms with Crippen LogP contribution in [0.15, 0.2) is 18.2 Å². The number of anilines is 1. The minimum absolute atomic E-state index is 0.206. The van der Waals surface area contributed by atoms with Gasteiger partial charge in [-0.2, -0.15) is 0 Å². The fourth-order valence-corrected chi connectivity index (χ4v) is 2.95. The summed E-state index contributed by atoms with van der Waals surface area (Å²) in [5.74, 6) is 0.199. The van der Waals surface area contributed by atoms with Crippen LogP contribution < -0.4 is 16.4 Å². The lowest BCUT2D eigenvalue weighted by molar-refractivity contribution is -0.119. The molecule has 1 aromatic carbocycles. The molecule has 0 aromatic heterocycles. The Labute approximate surface area is 125 Å². The zero-order chi connectivity index (χ0) is 14.7. The molecular formula is C15H21N3OS. The van der Waals surface area contributed by atoms with Crippen LogP contribution in [0.25, 0.3) is 0 Å². The van der Waals surface area contributed by atoms with E-state index < -0.39 is 0 Å². The Morgan fingerprint density at radius 2 is 2.00 bits per heavy atom. The smallest absolute Gasteiger partial charge is 0.217 e. The summed E-state index contributed by atoms with van der Waals surface area (Å²) in [7, 11) is 0. The Hall–Kier alpha value is -1.62. The molecule has 1 fully saturated rings. The third kappa shape index (κ3) is 3.48. The molecule has 1 amide bonds. The van der Waals surface area contributed by atoms with Crippen molar-refractivity contribution in [3.8, 4) is 0 Å². The zero-order valence-electron chi connectivity index (χ0n) is 11.8. The number of nitrogens with zero attached hydrogens (tertiary/aromatic N) is 1. The van der Waals surface area contributed by atoms with Gasteiger partial charge in [0.05, 0.1) is 0 Å². The van der Waals surface area contributed by atoms with Gasteiger partial charge >= 0.3 is 0 Å². The highest BCUT2D eigenvalue weighted by molar-refractivity contribution is 7.80. The SMILES string of the molecule is Cc1ccc(C(N)=S)c(N2CCC(CC(N)=O)CC2)c1. The highest BCUT2D eigenvalue weighted by Crippen LogP contribution is 2.28. The molecular weight excluding hydrogens is 270 g/mol. The molecule has 4 N–H and O–H groups in total. The summed E-state index contributed by atoms with van der Waals surface area (Å²) in [4.78, 5) is 13.7. The third-order valence-electron chi connectivity index (χ3n) is 3.86. The first-order chi connectivity index (χ1) is 9.47. The predicted molar refractivity (Wildman–Crippen MR) is 85.8 cm³/mol. The zero-order valence-corrected chi connectivity index (χ0v) is 12.6. The van der Waals surface area contributed by atoms with Gasteiger partial charge in [0.15, 0.2) is 0 Å². The number of amides is 1. The van der Waals surface area contributed by atoms with E-state index in [4.69, 9.17) is 23.7 Å². The molecule has 0 radical (unpaired) electrons. The number of hydrogen-bond donors (Lipinski definition) is 2. The van der Waals surface area contributed by atoms with E-state index in [1.54, 1.807) is 0 Å². The standard InChI is InChI=1S/C15H21N3OS/c1-10-2-3-12(15(17)20)13(8-10)18-6-4-11(5-7-18)9-14(16)19/h2-3,8,11H,4-7,9H2,1H3,(H2,16,19)(H2,17,20). The summed E-state index contributed by atoms with van der Waals surface area (Å²) >= 11 is 5.13. The lowest BCUT2D eigenvalue weighted by Crippen LogP contribution is -2.36. The van der Waals surface area contributed by atoms with Gasteiger partial charge in [0, 0.05) is 30.8 Å². The van der Waals surface area contributed by atoms with Gasteiger partial charge in [-0.1, -0.05) is 18.3 Å². The normalized spacial score (nSPS) is 16.1. The fourth-order valence-electron chi connectivity index (χ4n) is 2.77. The minimum atomic E-state index is -0.206. The van der Waals surface area contributed by atoms with Gasteiger partial charge < -0.3 is 16.4 Å². The van der Waals surface area contributed by atoms with E-state index in [0.29, 0.717) is 17.3 Å². The average molecular weight is 291 g/mol. The Morgan fingerprint density at radius 1 is 1.35 bits per heavy atom. The van der Waals surface area contributed by atoms with E-state index in [9.17, 15) is 4.79 Å². The van der Waals surface area contributed by atoms with Gasteiger partial charge in [-0.3, -0.25) is 4.79 Å². The molecule has 1 heterocycles. The van der Waals surface area contributed by atoms with Gasteiger partial charge in [-0.05, 0) is 43.4 Å².